The number of halogens is 1. The van der Waals surface area contributed by atoms with Crippen LogP contribution < -0.4 is 5.32 Å². The van der Waals surface area contributed by atoms with Crippen LogP contribution in [-0.2, 0) is 25.5 Å². The number of carbonyl (C=O) groups is 3. The maximum absolute atomic E-state index is 14.8. The molecule has 0 bridgehead atoms. The lowest BCUT2D eigenvalue weighted by atomic mass is 9.76. The van der Waals surface area contributed by atoms with E-state index in [2.05, 4.69) is 5.32 Å². The summed E-state index contributed by atoms with van der Waals surface area (Å²) in [7, 11) is 0. The van der Waals surface area contributed by atoms with Gasteiger partial charge in [0, 0.05) is 24.6 Å². The van der Waals surface area contributed by atoms with Gasteiger partial charge in [-0.3, -0.25) is 24.6 Å². The minimum absolute atomic E-state index is 0.123. The van der Waals surface area contributed by atoms with Crippen LogP contribution in [0.2, 0.25) is 0 Å². The fraction of sp³-hybridized carbons (Fsp3) is 0.375. The number of rotatable bonds is 6. The van der Waals surface area contributed by atoms with Gasteiger partial charge in [0.1, 0.15) is 11.4 Å². The third kappa shape index (κ3) is 3.33. The number of carbonyl (C=O) groups excluding carboxylic acids is 3. The molecule has 1 N–H and O–H groups in total. The Morgan fingerprint density at radius 3 is 2.39 bits per heavy atom. The first-order chi connectivity index (χ1) is 14.9. The Labute approximate surface area is 180 Å². The second kappa shape index (κ2) is 8.23. The first-order valence-electron chi connectivity index (χ1n) is 10.5. The number of nitrogens with zero attached hydrogens (tertiary/aromatic N) is 1. The molecular formula is C24H25FN2O4. The normalized spacial score (nSPS) is 27.5. The molecule has 2 amide bonds. The van der Waals surface area contributed by atoms with Crippen molar-refractivity contribution in [3.05, 3.63) is 71.5 Å². The van der Waals surface area contributed by atoms with Gasteiger partial charge in [-0.05, 0) is 25.5 Å². The summed E-state index contributed by atoms with van der Waals surface area (Å²) in [6.07, 6.45) is 0.148. The average molecular weight is 424 g/mol. The molecule has 2 aliphatic rings. The summed E-state index contributed by atoms with van der Waals surface area (Å²) < 4.78 is 20.2. The van der Waals surface area contributed by atoms with Crippen LogP contribution in [0.25, 0.3) is 0 Å². The Bertz CT molecular complexity index is 1010. The van der Waals surface area contributed by atoms with Gasteiger partial charge in [0.05, 0.1) is 18.4 Å². The van der Waals surface area contributed by atoms with Gasteiger partial charge in [-0.25, -0.2) is 4.39 Å². The number of imide groups is 1. The van der Waals surface area contributed by atoms with E-state index in [0.717, 1.165) is 5.56 Å². The molecule has 31 heavy (non-hydrogen) atoms. The lowest BCUT2D eigenvalue weighted by Crippen LogP contribution is -2.58. The Hall–Kier alpha value is -3.06. The van der Waals surface area contributed by atoms with Gasteiger partial charge in [0.15, 0.2) is 0 Å². The van der Waals surface area contributed by atoms with Gasteiger partial charge < -0.3 is 4.74 Å². The molecule has 2 fully saturated rings. The highest BCUT2D eigenvalue weighted by atomic mass is 19.1. The Balaban J connectivity index is 1.89. The van der Waals surface area contributed by atoms with Crippen LogP contribution in [0.1, 0.15) is 31.0 Å². The molecule has 6 nitrogen and oxygen atoms in total. The van der Waals surface area contributed by atoms with Crippen LogP contribution in [-0.4, -0.2) is 41.4 Å². The second-order valence-corrected chi connectivity index (χ2v) is 7.92. The first-order valence-corrected chi connectivity index (χ1v) is 10.5. The Morgan fingerprint density at radius 2 is 1.74 bits per heavy atom. The zero-order valence-electron chi connectivity index (χ0n) is 17.5. The van der Waals surface area contributed by atoms with Crippen molar-refractivity contribution in [2.24, 2.45) is 11.8 Å². The van der Waals surface area contributed by atoms with Crippen molar-refractivity contribution in [3.8, 4) is 0 Å². The SMILES string of the molecule is CCOC(=O)[C@]1(Cc2ccccc2)N[C@@H](c2ccccc2F)[C@H]2C(=O)N(CC)C(=O)[C@H]21. The maximum Gasteiger partial charge on any atom is 0.327 e. The van der Waals surface area contributed by atoms with E-state index in [4.69, 9.17) is 4.74 Å². The number of nitrogens with one attached hydrogen (secondary N) is 1. The summed E-state index contributed by atoms with van der Waals surface area (Å²) in [4.78, 5) is 41.1. The van der Waals surface area contributed by atoms with Crippen LogP contribution >= 0.6 is 0 Å². The molecule has 4 atom stereocenters. The maximum atomic E-state index is 14.8. The smallest absolute Gasteiger partial charge is 0.327 e. The summed E-state index contributed by atoms with van der Waals surface area (Å²) in [5, 5.41) is 3.22. The number of amides is 2. The lowest BCUT2D eigenvalue weighted by Gasteiger charge is -2.33. The van der Waals surface area contributed by atoms with Crippen LogP contribution in [0, 0.1) is 17.7 Å². The van der Waals surface area contributed by atoms with Crippen molar-refractivity contribution in [2.75, 3.05) is 13.2 Å². The molecule has 0 radical (unpaired) electrons. The molecule has 0 saturated carbocycles. The highest BCUT2D eigenvalue weighted by Crippen LogP contribution is 2.50. The molecule has 2 aromatic rings. The molecule has 0 spiro atoms. The molecular weight excluding hydrogens is 399 g/mol. The molecule has 0 unspecified atom stereocenters. The van der Waals surface area contributed by atoms with E-state index >= 15 is 0 Å². The lowest BCUT2D eigenvalue weighted by molar-refractivity contribution is -0.156. The van der Waals surface area contributed by atoms with Gasteiger partial charge in [-0.1, -0.05) is 48.5 Å². The highest BCUT2D eigenvalue weighted by Gasteiger charge is 2.68. The van der Waals surface area contributed by atoms with Crippen molar-refractivity contribution in [3.63, 3.8) is 0 Å². The van der Waals surface area contributed by atoms with Gasteiger partial charge >= 0.3 is 5.97 Å². The largest absolute Gasteiger partial charge is 0.465 e. The standard InChI is InChI=1S/C24H25FN2O4/c1-3-27-21(28)18-19(22(27)29)24(23(30)31-4-2,14-15-10-6-5-7-11-15)26-20(18)16-12-8-9-13-17(16)25/h5-13,18-20,26H,3-4,14H2,1-2H3/t18-,19-,20-,24+/m0/s1. The quantitative estimate of drug-likeness (QED) is 0.570. The summed E-state index contributed by atoms with van der Waals surface area (Å²) in [5.74, 6) is -3.79. The predicted octanol–water partition coefficient (Wildman–Crippen LogP) is 2.64. The zero-order valence-corrected chi connectivity index (χ0v) is 17.5. The minimum Gasteiger partial charge on any atom is -0.465 e. The Morgan fingerprint density at radius 1 is 1.06 bits per heavy atom. The molecule has 7 heteroatoms. The molecule has 0 aromatic heterocycles. The van der Waals surface area contributed by atoms with Crippen LogP contribution in [0.3, 0.4) is 0 Å². The average Bonchev–Trinajstić information content (AvgIpc) is 3.23. The summed E-state index contributed by atoms with van der Waals surface area (Å²) in [6.45, 7) is 3.72. The van der Waals surface area contributed by atoms with Crippen LogP contribution in [0.15, 0.2) is 54.6 Å². The minimum atomic E-state index is -1.48. The third-order valence-electron chi connectivity index (χ3n) is 6.27. The van der Waals surface area contributed by atoms with E-state index in [9.17, 15) is 18.8 Å². The van der Waals surface area contributed by atoms with Crippen molar-refractivity contribution in [1.82, 2.24) is 10.2 Å². The summed E-state index contributed by atoms with van der Waals surface area (Å²) >= 11 is 0. The predicted molar refractivity (Wildman–Crippen MR) is 111 cm³/mol. The van der Waals surface area contributed by atoms with E-state index < -0.39 is 47.0 Å². The van der Waals surface area contributed by atoms with E-state index in [1.54, 1.807) is 32.0 Å². The highest BCUT2D eigenvalue weighted by molar-refractivity contribution is 6.09. The van der Waals surface area contributed by atoms with Crippen molar-refractivity contribution in [2.45, 2.75) is 31.8 Å². The molecule has 162 valence electrons. The van der Waals surface area contributed by atoms with Crippen LogP contribution in [0.4, 0.5) is 4.39 Å². The fourth-order valence-electron chi connectivity index (χ4n) is 4.97. The van der Waals surface area contributed by atoms with E-state index in [-0.39, 0.29) is 25.1 Å². The summed E-state index contributed by atoms with van der Waals surface area (Å²) in [5.41, 5.74) is -0.409. The van der Waals surface area contributed by atoms with Gasteiger partial charge in [-0.2, -0.15) is 0 Å². The number of ether oxygens (including phenoxy) is 1. The number of benzene rings is 2. The number of esters is 1. The van der Waals surface area contributed by atoms with Crippen molar-refractivity contribution >= 4 is 17.8 Å². The Kier molecular flexibility index (Phi) is 5.62. The molecule has 2 aliphatic heterocycles. The molecule has 4 rings (SSSR count). The number of hydrogen-bond donors (Lipinski definition) is 1. The van der Waals surface area contributed by atoms with E-state index in [0.29, 0.717) is 0 Å². The third-order valence-corrected chi connectivity index (χ3v) is 6.27. The molecule has 0 aliphatic carbocycles. The first kappa shape index (κ1) is 21.2. The van der Waals surface area contributed by atoms with Crippen LogP contribution in [0.5, 0.6) is 0 Å². The van der Waals surface area contributed by atoms with E-state index in [1.165, 1.54) is 11.0 Å². The van der Waals surface area contributed by atoms with Gasteiger partial charge in [-0.15, -0.1) is 0 Å². The number of hydrogen-bond acceptors (Lipinski definition) is 5. The number of fused-ring (bicyclic) bond motifs is 1. The summed E-state index contributed by atoms with van der Waals surface area (Å²) in [6, 6.07) is 14.6. The second-order valence-electron chi connectivity index (χ2n) is 7.92. The molecule has 2 heterocycles. The van der Waals surface area contributed by atoms with E-state index in [1.807, 2.05) is 30.3 Å². The molecule has 2 aromatic carbocycles. The van der Waals surface area contributed by atoms with Gasteiger partial charge in [0.25, 0.3) is 0 Å². The topological polar surface area (TPSA) is 75.7 Å². The zero-order chi connectivity index (χ0) is 22.2. The van der Waals surface area contributed by atoms with Gasteiger partial charge in [0.2, 0.25) is 11.8 Å². The molecule has 2 saturated heterocycles. The number of likely N-dealkylation sites (tertiary alicyclic amines) is 1. The van der Waals surface area contributed by atoms with Crippen molar-refractivity contribution < 1.29 is 23.5 Å². The monoisotopic (exact) mass is 424 g/mol. The van der Waals surface area contributed by atoms with Crippen molar-refractivity contribution in [1.29, 1.82) is 0 Å². The fourth-order valence-corrected chi connectivity index (χ4v) is 4.97.